The second-order valence-corrected chi connectivity index (χ2v) is 5.32. The van der Waals surface area contributed by atoms with Crippen molar-refractivity contribution in [1.29, 1.82) is 0 Å². The number of para-hydroxylation sites is 1. The molecule has 1 aromatic carbocycles. The molecule has 2 rings (SSSR count). The maximum Gasteiger partial charge on any atom is 0.122 e. The van der Waals surface area contributed by atoms with E-state index in [1.165, 1.54) is 18.4 Å². The van der Waals surface area contributed by atoms with Gasteiger partial charge in [0.2, 0.25) is 0 Å². The molecule has 3 nitrogen and oxygen atoms in total. The smallest absolute Gasteiger partial charge is 0.122 e. The van der Waals surface area contributed by atoms with Crippen molar-refractivity contribution < 1.29 is 9.47 Å². The van der Waals surface area contributed by atoms with Crippen LogP contribution in [0.1, 0.15) is 31.2 Å². The van der Waals surface area contributed by atoms with Gasteiger partial charge in [-0.25, -0.2) is 0 Å². The summed E-state index contributed by atoms with van der Waals surface area (Å²) < 4.78 is 10.9. The molecule has 0 aliphatic heterocycles. The van der Waals surface area contributed by atoms with E-state index in [0.29, 0.717) is 31.1 Å². The van der Waals surface area contributed by atoms with E-state index in [1.54, 1.807) is 7.11 Å². The quantitative estimate of drug-likeness (QED) is 0.801. The van der Waals surface area contributed by atoms with E-state index in [4.69, 9.17) is 9.47 Å². The molecule has 1 fully saturated rings. The molecule has 0 aromatic heterocycles. The first-order valence-electron chi connectivity index (χ1n) is 7.15. The molecule has 1 N–H and O–H groups in total. The Morgan fingerprint density at radius 3 is 2.68 bits per heavy atom. The molecule has 3 atom stereocenters. The molecule has 0 saturated heterocycles. The fourth-order valence-electron chi connectivity index (χ4n) is 3.16. The Kier molecular flexibility index (Phi) is 5.23. The maximum absolute atomic E-state index is 5.86. The molecule has 0 spiro atoms. The lowest BCUT2D eigenvalue weighted by molar-refractivity contribution is 0.145. The lowest BCUT2D eigenvalue weighted by atomic mass is 9.88. The standard InChI is InChI=1S/C16H25NO2/c1-12-13(8-9-15(12)17-2)14-6-4-5-7-16(14)19-11-10-18-3/h4-7,12-13,15,17H,8-11H2,1-3H3. The lowest BCUT2D eigenvalue weighted by Crippen LogP contribution is -2.28. The fraction of sp³-hybridized carbons (Fsp3) is 0.625. The molecular formula is C16H25NO2. The minimum Gasteiger partial charge on any atom is -0.491 e. The van der Waals surface area contributed by atoms with E-state index in [1.807, 2.05) is 6.07 Å². The van der Waals surface area contributed by atoms with Crippen LogP contribution in [0.15, 0.2) is 24.3 Å². The molecule has 1 aliphatic carbocycles. The van der Waals surface area contributed by atoms with Crippen LogP contribution in [-0.2, 0) is 4.74 Å². The second-order valence-electron chi connectivity index (χ2n) is 5.32. The van der Waals surface area contributed by atoms with E-state index in [9.17, 15) is 0 Å². The van der Waals surface area contributed by atoms with Crippen LogP contribution < -0.4 is 10.1 Å². The van der Waals surface area contributed by atoms with Gasteiger partial charge in [0, 0.05) is 13.2 Å². The van der Waals surface area contributed by atoms with Gasteiger partial charge in [-0.1, -0.05) is 25.1 Å². The molecule has 0 heterocycles. The number of rotatable bonds is 6. The van der Waals surface area contributed by atoms with Gasteiger partial charge in [-0.3, -0.25) is 0 Å². The zero-order valence-electron chi connectivity index (χ0n) is 12.2. The third kappa shape index (κ3) is 3.28. The molecule has 19 heavy (non-hydrogen) atoms. The predicted octanol–water partition coefficient (Wildman–Crippen LogP) is 2.81. The first-order valence-corrected chi connectivity index (χ1v) is 7.15. The lowest BCUT2D eigenvalue weighted by Gasteiger charge is -2.22. The average Bonchev–Trinajstić information content (AvgIpc) is 2.81. The van der Waals surface area contributed by atoms with Crippen molar-refractivity contribution in [2.24, 2.45) is 5.92 Å². The van der Waals surface area contributed by atoms with Crippen LogP contribution in [0.2, 0.25) is 0 Å². The van der Waals surface area contributed by atoms with Crippen molar-refractivity contribution in [3.63, 3.8) is 0 Å². The van der Waals surface area contributed by atoms with E-state index in [2.05, 4.69) is 37.5 Å². The largest absolute Gasteiger partial charge is 0.491 e. The van der Waals surface area contributed by atoms with Crippen LogP contribution in [-0.4, -0.2) is 33.4 Å². The summed E-state index contributed by atoms with van der Waals surface area (Å²) in [6.07, 6.45) is 2.48. The molecule has 0 amide bonds. The minimum absolute atomic E-state index is 0.594. The molecular weight excluding hydrogens is 238 g/mol. The molecule has 0 bridgehead atoms. The summed E-state index contributed by atoms with van der Waals surface area (Å²) in [5.41, 5.74) is 1.35. The van der Waals surface area contributed by atoms with Gasteiger partial charge < -0.3 is 14.8 Å². The number of hydrogen-bond acceptors (Lipinski definition) is 3. The van der Waals surface area contributed by atoms with Gasteiger partial charge in [-0.2, -0.15) is 0 Å². The van der Waals surface area contributed by atoms with Crippen molar-refractivity contribution in [1.82, 2.24) is 5.32 Å². The molecule has 106 valence electrons. The number of nitrogens with one attached hydrogen (secondary N) is 1. The van der Waals surface area contributed by atoms with Crippen molar-refractivity contribution in [3.05, 3.63) is 29.8 Å². The number of hydrogen-bond donors (Lipinski definition) is 1. The van der Waals surface area contributed by atoms with E-state index in [0.717, 1.165) is 5.75 Å². The first kappa shape index (κ1) is 14.4. The highest BCUT2D eigenvalue weighted by atomic mass is 16.5. The Balaban J connectivity index is 2.11. The summed E-state index contributed by atoms with van der Waals surface area (Å²) in [5.74, 6) is 2.27. The topological polar surface area (TPSA) is 30.5 Å². The number of methoxy groups -OCH3 is 1. The highest BCUT2D eigenvalue weighted by Crippen LogP contribution is 2.42. The Morgan fingerprint density at radius 1 is 1.21 bits per heavy atom. The highest BCUT2D eigenvalue weighted by Gasteiger charge is 2.34. The summed E-state index contributed by atoms with van der Waals surface area (Å²) >= 11 is 0. The van der Waals surface area contributed by atoms with Crippen LogP contribution in [0.25, 0.3) is 0 Å². The third-order valence-corrected chi connectivity index (χ3v) is 4.29. The summed E-state index contributed by atoms with van der Waals surface area (Å²) in [6.45, 7) is 3.59. The summed E-state index contributed by atoms with van der Waals surface area (Å²) in [4.78, 5) is 0. The van der Waals surface area contributed by atoms with E-state index >= 15 is 0 Å². The molecule has 1 aromatic rings. The van der Waals surface area contributed by atoms with Crippen molar-refractivity contribution >= 4 is 0 Å². The summed E-state index contributed by atoms with van der Waals surface area (Å²) in [5, 5.41) is 3.42. The van der Waals surface area contributed by atoms with E-state index < -0.39 is 0 Å². The van der Waals surface area contributed by atoms with E-state index in [-0.39, 0.29) is 0 Å². The van der Waals surface area contributed by atoms with Crippen LogP contribution in [0, 0.1) is 5.92 Å². The first-order chi connectivity index (χ1) is 9.27. The van der Waals surface area contributed by atoms with Gasteiger partial charge in [-0.05, 0) is 43.4 Å². The molecule has 1 aliphatic rings. The van der Waals surface area contributed by atoms with Gasteiger partial charge in [0.05, 0.1) is 6.61 Å². The van der Waals surface area contributed by atoms with Gasteiger partial charge in [0.15, 0.2) is 0 Å². The Hall–Kier alpha value is -1.06. The van der Waals surface area contributed by atoms with Crippen molar-refractivity contribution in [3.8, 4) is 5.75 Å². The third-order valence-electron chi connectivity index (χ3n) is 4.29. The Morgan fingerprint density at radius 2 is 2.00 bits per heavy atom. The van der Waals surface area contributed by atoms with Gasteiger partial charge in [-0.15, -0.1) is 0 Å². The number of benzene rings is 1. The molecule has 3 unspecified atom stereocenters. The van der Waals surface area contributed by atoms with Gasteiger partial charge in [0.1, 0.15) is 12.4 Å². The Bertz CT molecular complexity index is 394. The second kappa shape index (κ2) is 6.92. The van der Waals surface area contributed by atoms with Crippen LogP contribution >= 0.6 is 0 Å². The van der Waals surface area contributed by atoms with Crippen molar-refractivity contribution in [2.45, 2.75) is 31.7 Å². The minimum atomic E-state index is 0.594. The summed E-state index contributed by atoms with van der Waals surface area (Å²) in [6, 6.07) is 9.06. The monoisotopic (exact) mass is 263 g/mol. The fourth-order valence-corrected chi connectivity index (χ4v) is 3.16. The Labute approximate surface area is 116 Å². The predicted molar refractivity (Wildman–Crippen MR) is 77.8 cm³/mol. The maximum atomic E-state index is 5.86. The molecule has 0 radical (unpaired) electrons. The van der Waals surface area contributed by atoms with Crippen LogP contribution in [0.5, 0.6) is 5.75 Å². The van der Waals surface area contributed by atoms with Gasteiger partial charge >= 0.3 is 0 Å². The van der Waals surface area contributed by atoms with Crippen LogP contribution in [0.4, 0.5) is 0 Å². The normalized spacial score (nSPS) is 26.6. The average molecular weight is 263 g/mol. The van der Waals surface area contributed by atoms with Crippen molar-refractivity contribution in [2.75, 3.05) is 27.4 Å². The SMILES string of the molecule is CNC1CCC(c2ccccc2OCCOC)C1C. The zero-order chi connectivity index (χ0) is 13.7. The molecule has 1 saturated carbocycles. The molecule has 3 heteroatoms. The number of ether oxygens (including phenoxy) is 2. The van der Waals surface area contributed by atoms with Crippen LogP contribution in [0.3, 0.4) is 0 Å². The van der Waals surface area contributed by atoms with Gasteiger partial charge in [0.25, 0.3) is 0 Å². The zero-order valence-corrected chi connectivity index (χ0v) is 12.2. The highest BCUT2D eigenvalue weighted by molar-refractivity contribution is 5.37. The summed E-state index contributed by atoms with van der Waals surface area (Å²) in [7, 11) is 3.76.